The number of anilines is 3. The van der Waals surface area contributed by atoms with Crippen LogP contribution in [0.25, 0.3) is 112 Å². The molecule has 21 nitrogen and oxygen atoms in total. The van der Waals surface area contributed by atoms with Crippen molar-refractivity contribution in [3.05, 3.63) is 524 Å². The van der Waals surface area contributed by atoms with Crippen LogP contribution in [0.2, 0.25) is 0 Å². The van der Waals surface area contributed by atoms with E-state index in [9.17, 15) is 71.9 Å². The van der Waals surface area contributed by atoms with Gasteiger partial charge in [0.15, 0.2) is 17.5 Å². The van der Waals surface area contributed by atoms with Gasteiger partial charge in [-0.2, -0.15) is 0 Å². The Bertz CT molecular complexity index is 6830. The van der Waals surface area contributed by atoms with Gasteiger partial charge in [-0.15, -0.1) is 0 Å². The Morgan fingerprint density at radius 3 is 0.503 bits per heavy atom. The maximum Gasteiger partial charge on any atom is 0.164 e. The molecule has 0 atom stereocenters. The number of aromatic nitrogens is 4. The van der Waals surface area contributed by atoms with Crippen LogP contribution in [-0.4, -0.2) is 121 Å². The predicted molar refractivity (Wildman–Crippen MR) is 579 cm³/mol. The SMILES string of the molecule is COc1ccc(N(c2ccc(C=O)cc2)c2ccc(C=O)cc2)cc1.O=Cc1ccc(-c2cc(-c3ccc(C=O)cc3)cc(-c3ccc(C=O)cc3)c2)cc1.O=Cc1ccc(-c2cc(-c3ccc(C=O)cc3)nc(-c3ccc(C=O)cc3)c2)cc1.O=Cc1ccc(-c2nc(-c3ccc(C=O)cc3)nc(-c3ccc(C=O)cc3)n2)cc1.O=Cc1ccc(C(=C(c2ccc(C=O)cc2)c2ccc(C=O)cc2)c2ccc(C=O)cc2)cc1. The molecule has 149 heavy (non-hydrogen) atoms. The molecule has 19 rings (SSSR count). The Kier molecular flexibility index (Phi) is 34.9. The molecule has 0 aliphatic carbocycles. The maximum absolute atomic E-state index is 11.2. The molecule has 19 aromatic rings. The van der Waals surface area contributed by atoms with E-state index in [1.807, 2.05) is 187 Å². The van der Waals surface area contributed by atoms with Gasteiger partial charge in [0, 0.05) is 128 Å². The summed E-state index contributed by atoms with van der Waals surface area (Å²) in [6.07, 6.45) is 12.1. The molecule has 0 saturated heterocycles. The fraction of sp³-hybridized carbons (Fsp3) is 0.00781. The first kappa shape index (κ1) is 103. The van der Waals surface area contributed by atoms with Gasteiger partial charge >= 0.3 is 0 Å². The highest BCUT2D eigenvalue weighted by Gasteiger charge is 2.21. The van der Waals surface area contributed by atoms with E-state index in [0.717, 1.165) is 234 Å². The van der Waals surface area contributed by atoms with Gasteiger partial charge in [0.25, 0.3) is 0 Å². The minimum Gasteiger partial charge on any atom is -0.497 e. The normalized spacial score (nSPS) is 10.3. The van der Waals surface area contributed by atoms with Crippen molar-refractivity contribution in [1.29, 1.82) is 0 Å². The number of pyridine rings is 1. The minimum absolute atomic E-state index is 0.450. The van der Waals surface area contributed by atoms with Crippen molar-refractivity contribution in [1.82, 2.24) is 19.9 Å². The Morgan fingerprint density at radius 1 is 0.168 bits per heavy atom. The number of aldehydes is 15. The number of benzene rings is 17. The topological polar surface area (TPSA) is 320 Å². The van der Waals surface area contributed by atoms with Crippen molar-refractivity contribution < 1.29 is 76.7 Å². The molecular weight excluding hydrogens is 1860 g/mol. The third kappa shape index (κ3) is 26.4. The molecule has 17 aromatic carbocycles. The second-order valence-electron chi connectivity index (χ2n) is 33.6. The van der Waals surface area contributed by atoms with Gasteiger partial charge in [-0.1, -0.05) is 315 Å². The largest absolute Gasteiger partial charge is 0.497 e. The van der Waals surface area contributed by atoms with Crippen LogP contribution in [0.4, 0.5) is 17.1 Å². The Hall–Kier alpha value is -20.7. The van der Waals surface area contributed by atoms with Crippen molar-refractivity contribution in [3.63, 3.8) is 0 Å². The van der Waals surface area contributed by atoms with Crippen LogP contribution in [0.15, 0.2) is 419 Å². The number of hydrogen-bond acceptors (Lipinski definition) is 21. The zero-order valence-electron chi connectivity index (χ0n) is 79.8. The summed E-state index contributed by atoms with van der Waals surface area (Å²) in [6.45, 7) is 0. The summed E-state index contributed by atoms with van der Waals surface area (Å²) in [4.78, 5) is 186. The zero-order chi connectivity index (χ0) is 104. The smallest absolute Gasteiger partial charge is 0.164 e. The van der Waals surface area contributed by atoms with Gasteiger partial charge in [-0.3, -0.25) is 71.9 Å². The molecule has 0 spiro atoms. The van der Waals surface area contributed by atoms with E-state index in [-0.39, 0.29) is 0 Å². The van der Waals surface area contributed by atoms with Crippen molar-refractivity contribution in [2.45, 2.75) is 0 Å². The summed E-state index contributed by atoms with van der Waals surface area (Å²) in [5.41, 5.74) is 30.3. The lowest BCUT2D eigenvalue weighted by Gasteiger charge is -2.25. The molecule has 0 aliphatic rings. The fourth-order valence-corrected chi connectivity index (χ4v) is 15.9. The molecule has 0 saturated carbocycles. The monoisotopic (exact) mass is 1950 g/mol. The molecule has 720 valence electrons. The van der Waals surface area contributed by atoms with E-state index in [1.165, 1.54) is 0 Å². The maximum atomic E-state index is 11.2. The molecule has 0 N–H and O–H groups in total. The van der Waals surface area contributed by atoms with Gasteiger partial charge < -0.3 is 9.64 Å². The minimum atomic E-state index is 0.450. The lowest BCUT2D eigenvalue weighted by molar-refractivity contribution is 0.111. The first-order chi connectivity index (χ1) is 73.0. The van der Waals surface area contributed by atoms with Crippen LogP contribution in [0.1, 0.15) is 178 Å². The number of ether oxygens (including phenoxy) is 1. The predicted octanol–water partition coefficient (Wildman–Crippen LogP) is 26.7. The van der Waals surface area contributed by atoms with Gasteiger partial charge in [0.1, 0.15) is 100 Å². The van der Waals surface area contributed by atoms with E-state index < -0.39 is 0 Å². The fourth-order valence-electron chi connectivity index (χ4n) is 15.9. The van der Waals surface area contributed by atoms with Crippen LogP contribution >= 0.6 is 0 Å². The lowest BCUT2D eigenvalue weighted by atomic mass is 9.85. The summed E-state index contributed by atoms with van der Waals surface area (Å²) in [5.74, 6) is 2.13. The molecule has 0 unspecified atom stereocenters. The lowest BCUT2D eigenvalue weighted by Crippen LogP contribution is -2.10. The number of rotatable bonds is 32. The standard InChI is InChI=1S/C30H20O4.C27H18O3.C26H17NO3.C24H15N3O3.C21H17NO3/c31-17-21-1-9-25(10-2-21)29(26-11-3-22(18-32)4-12-26)30(27-13-5-23(19-33)6-14-27)28-15-7-24(20-34)8-16-28;28-16-19-1-7-22(8-2-19)25-13-26(23-9-3-20(17-29)4-10-23)15-27(14-25)24-11-5-21(18-30)6-12-24;28-15-18-1-7-21(8-2-18)24-13-25(22-9-3-19(16-29)4-10-22)27-26(14-24)23-11-5-20(17-30)6-12-23;28-13-16-1-7-19(8-2-16)22-25-23(20-9-3-17(14-29)4-10-20)27-24(26-22)21-11-5-18(15-30)6-12-21;1-25-21-12-10-20(11-13-21)22(18-6-2-16(14-23)3-7-18)19-8-4-17(15-24)5-9-19/h1-20H;1-18H;1-17H;1-15H;2-15H,1H3. The van der Waals surface area contributed by atoms with Crippen LogP contribution < -0.4 is 9.64 Å². The number of methoxy groups -OCH3 is 1. The molecule has 0 aliphatic heterocycles. The van der Waals surface area contributed by atoms with E-state index in [2.05, 4.69) is 33.2 Å². The quantitative estimate of drug-likeness (QED) is 0.0279. The molecule has 0 amide bonds. The first-order valence-electron chi connectivity index (χ1n) is 46.5. The van der Waals surface area contributed by atoms with Crippen LogP contribution in [0.5, 0.6) is 5.75 Å². The number of carbonyl (C=O) groups excluding carboxylic acids is 15. The Balaban J connectivity index is 0.000000140. The Morgan fingerprint density at radius 2 is 0.322 bits per heavy atom. The second kappa shape index (κ2) is 50.6. The summed E-state index contributed by atoms with van der Waals surface area (Å²) >= 11 is 0. The summed E-state index contributed by atoms with van der Waals surface area (Å²) < 4.78 is 5.22. The van der Waals surface area contributed by atoms with Crippen molar-refractivity contribution in [2.75, 3.05) is 12.0 Å². The highest BCUT2D eigenvalue weighted by Crippen LogP contribution is 2.41. The molecular formula is C128H87N5O16. The molecule has 0 radical (unpaired) electrons. The highest BCUT2D eigenvalue weighted by molar-refractivity contribution is 6.06. The van der Waals surface area contributed by atoms with Crippen molar-refractivity contribution >= 4 is 123 Å². The first-order valence-corrected chi connectivity index (χ1v) is 46.5. The van der Waals surface area contributed by atoms with E-state index in [1.54, 1.807) is 225 Å². The Labute approximate surface area is 857 Å². The second-order valence-corrected chi connectivity index (χ2v) is 33.6. The van der Waals surface area contributed by atoms with Gasteiger partial charge in [0.2, 0.25) is 0 Å². The number of carbonyl (C=O) groups is 15. The molecule has 0 fully saturated rings. The summed E-state index contributed by atoms with van der Waals surface area (Å²) in [6, 6.07) is 127. The van der Waals surface area contributed by atoms with Gasteiger partial charge in [-0.05, 0) is 181 Å². The molecule has 2 aromatic heterocycles. The molecule has 2 heterocycles. The highest BCUT2D eigenvalue weighted by atomic mass is 16.5. The van der Waals surface area contributed by atoms with Crippen molar-refractivity contribution in [2.24, 2.45) is 0 Å². The van der Waals surface area contributed by atoms with Crippen molar-refractivity contribution in [3.8, 4) is 107 Å². The zero-order valence-corrected chi connectivity index (χ0v) is 79.8. The molecule has 21 heteroatoms. The van der Waals surface area contributed by atoms with E-state index in [4.69, 9.17) is 9.72 Å². The molecule has 0 bridgehead atoms. The van der Waals surface area contributed by atoms with Crippen LogP contribution in [0, 0.1) is 0 Å². The van der Waals surface area contributed by atoms with Gasteiger partial charge in [0.05, 0.1) is 18.5 Å². The summed E-state index contributed by atoms with van der Waals surface area (Å²) in [5, 5.41) is 0. The average Bonchev–Trinajstić information content (AvgIpc) is 0.834. The van der Waals surface area contributed by atoms with E-state index >= 15 is 0 Å². The number of hydrogen-bond donors (Lipinski definition) is 0. The van der Waals surface area contributed by atoms with Crippen LogP contribution in [0.3, 0.4) is 0 Å². The average molecular weight is 1950 g/mol. The van der Waals surface area contributed by atoms with Crippen LogP contribution in [-0.2, 0) is 0 Å². The van der Waals surface area contributed by atoms with Gasteiger partial charge in [-0.25, -0.2) is 19.9 Å². The third-order valence-corrected chi connectivity index (χ3v) is 24.0. The number of nitrogens with zero attached hydrogens (tertiary/aromatic N) is 5. The third-order valence-electron chi connectivity index (χ3n) is 24.0. The summed E-state index contributed by atoms with van der Waals surface area (Å²) in [7, 11) is 1.63. The van der Waals surface area contributed by atoms with E-state index in [0.29, 0.717) is 101 Å².